The third-order valence-corrected chi connectivity index (χ3v) is 6.39. The maximum absolute atomic E-state index is 12.5. The summed E-state index contributed by atoms with van der Waals surface area (Å²) in [5.74, 6) is 0.352. The number of fused-ring (bicyclic) bond motifs is 1. The Morgan fingerprint density at radius 2 is 1.95 bits per heavy atom. The number of aliphatic hydroxyl groups is 1. The normalized spacial score (nSPS) is 29.2. The molecular weight excluding hydrogens is 288 g/mol. The number of hydrogen-bond donors (Lipinski definition) is 1. The van der Waals surface area contributed by atoms with Gasteiger partial charge in [-0.1, -0.05) is 12.1 Å². The Balaban J connectivity index is 1.71. The molecule has 0 bridgehead atoms. The molecule has 1 aliphatic heterocycles. The van der Waals surface area contributed by atoms with Crippen LogP contribution in [0.15, 0.2) is 24.3 Å². The fourth-order valence-electron chi connectivity index (χ4n) is 3.40. The smallest absolute Gasteiger partial charge is 0.218 e. The lowest BCUT2D eigenvalue weighted by molar-refractivity contribution is 0.129. The van der Waals surface area contributed by atoms with Crippen LogP contribution in [-0.2, 0) is 15.8 Å². The first-order valence-electron chi connectivity index (χ1n) is 7.14. The van der Waals surface area contributed by atoms with Crippen molar-refractivity contribution in [2.24, 2.45) is 11.8 Å². The average Bonchev–Trinajstić information content (AvgIpc) is 3.03. The zero-order valence-electron chi connectivity index (χ0n) is 11.6. The Kier molecular flexibility index (Phi) is 3.74. The fourth-order valence-corrected chi connectivity index (χ4v) is 5.01. The molecule has 2 fully saturated rings. The fraction of sp³-hybridized carbons (Fsp3) is 0.533. The predicted molar refractivity (Wildman–Crippen MR) is 77.6 cm³/mol. The van der Waals surface area contributed by atoms with Crippen LogP contribution in [0.25, 0.3) is 0 Å². The standard InChI is InChI=1S/C15H18N2O3S/c16-7-11-1-3-12(4-2-11)10-21(19,20)17-8-13-5-6-15(18)14(13)9-17/h1-4,13-15,18H,5-6,8-10H2. The minimum atomic E-state index is -3.36. The van der Waals surface area contributed by atoms with Crippen molar-refractivity contribution in [3.63, 3.8) is 0 Å². The third kappa shape index (κ3) is 2.82. The predicted octanol–water partition coefficient (Wildman–Crippen LogP) is 1.09. The topological polar surface area (TPSA) is 81.4 Å². The summed E-state index contributed by atoms with van der Waals surface area (Å²) >= 11 is 0. The van der Waals surface area contributed by atoms with E-state index in [1.807, 2.05) is 6.07 Å². The van der Waals surface area contributed by atoms with Crippen LogP contribution in [0, 0.1) is 23.2 Å². The Labute approximate surface area is 124 Å². The third-order valence-electron chi connectivity index (χ3n) is 4.61. The molecule has 6 heteroatoms. The van der Waals surface area contributed by atoms with Crippen LogP contribution < -0.4 is 0 Å². The molecule has 0 radical (unpaired) electrons. The minimum absolute atomic E-state index is 0.0474. The highest BCUT2D eigenvalue weighted by atomic mass is 32.2. The summed E-state index contributed by atoms with van der Waals surface area (Å²) in [6.45, 7) is 0.963. The molecule has 5 nitrogen and oxygen atoms in total. The molecule has 1 heterocycles. The van der Waals surface area contributed by atoms with E-state index in [9.17, 15) is 13.5 Å². The molecule has 1 saturated carbocycles. The molecule has 1 aliphatic carbocycles. The van der Waals surface area contributed by atoms with E-state index in [1.54, 1.807) is 24.3 Å². The van der Waals surface area contributed by atoms with E-state index >= 15 is 0 Å². The molecule has 1 saturated heterocycles. The van der Waals surface area contributed by atoms with Crippen molar-refractivity contribution in [2.75, 3.05) is 13.1 Å². The number of benzene rings is 1. The molecule has 0 spiro atoms. The van der Waals surface area contributed by atoms with Gasteiger partial charge in [-0.3, -0.25) is 0 Å². The number of sulfonamides is 1. The summed E-state index contributed by atoms with van der Waals surface area (Å²) in [5.41, 5.74) is 1.21. The van der Waals surface area contributed by atoms with Crippen molar-refractivity contribution in [3.8, 4) is 6.07 Å². The number of rotatable bonds is 3. The summed E-state index contributed by atoms with van der Waals surface area (Å²) in [6, 6.07) is 8.65. The van der Waals surface area contributed by atoms with Gasteiger partial charge in [-0.2, -0.15) is 5.26 Å². The first kappa shape index (κ1) is 14.5. The van der Waals surface area contributed by atoms with Crippen LogP contribution in [0.2, 0.25) is 0 Å². The van der Waals surface area contributed by atoms with Gasteiger partial charge in [0.2, 0.25) is 10.0 Å². The molecule has 2 aliphatic rings. The van der Waals surface area contributed by atoms with Crippen molar-refractivity contribution in [1.82, 2.24) is 4.31 Å². The number of nitrogens with zero attached hydrogens (tertiary/aromatic N) is 2. The second-order valence-corrected chi connectivity index (χ2v) is 7.92. The second-order valence-electron chi connectivity index (χ2n) is 5.95. The molecule has 3 atom stereocenters. The zero-order chi connectivity index (χ0) is 15.0. The summed E-state index contributed by atoms with van der Waals surface area (Å²) < 4.78 is 26.5. The Hall–Kier alpha value is -1.42. The zero-order valence-corrected chi connectivity index (χ0v) is 12.5. The van der Waals surface area contributed by atoms with Crippen LogP contribution in [-0.4, -0.2) is 37.0 Å². The molecule has 3 rings (SSSR count). The van der Waals surface area contributed by atoms with Gasteiger partial charge in [0, 0.05) is 19.0 Å². The Morgan fingerprint density at radius 1 is 1.24 bits per heavy atom. The quantitative estimate of drug-likeness (QED) is 0.906. The van der Waals surface area contributed by atoms with Crippen LogP contribution in [0.5, 0.6) is 0 Å². The van der Waals surface area contributed by atoms with Crippen LogP contribution >= 0.6 is 0 Å². The molecule has 21 heavy (non-hydrogen) atoms. The van der Waals surface area contributed by atoms with Gasteiger partial charge in [-0.25, -0.2) is 12.7 Å². The molecule has 1 aromatic carbocycles. The lowest BCUT2D eigenvalue weighted by Crippen LogP contribution is -2.32. The van der Waals surface area contributed by atoms with Gasteiger partial charge in [-0.05, 0) is 36.5 Å². The van der Waals surface area contributed by atoms with Crippen molar-refractivity contribution in [2.45, 2.75) is 24.7 Å². The molecular formula is C15H18N2O3S. The van der Waals surface area contributed by atoms with Crippen LogP contribution in [0.4, 0.5) is 0 Å². The SMILES string of the molecule is N#Cc1ccc(CS(=O)(=O)N2CC3CCC(O)C3C2)cc1. The van der Waals surface area contributed by atoms with Gasteiger partial charge >= 0.3 is 0 Å². The molecule has 0 aromatic heterocycles. The Morgan fingerprint density at radius 3 is 2.57 bits per heavy atom. The van der Waals surface area contributed by atoms with Gasteiger partial charge < -0.3 is 5.11 Å². The summed E-state index contributed by atoms with van der Waals surface area (Å²) in [5, 5.41) is 18.6. The van der Waals surface area contributed by atoms with Gasteiger partial charge in [0.1, 0.15) is 0 Å². The average molecular weight is 306 g/mol. The van der Waals surface area contributed by atoms with Gasteiger partial charge in [0.25, 0.3) is 0 Å². The van der Waals surface area contributed by atoms with E-state index in [0.717, 1.165) is 12.8 Å². The lowest BCUT2D eigenvalue weighted by atomic mass is 10.00. The van der Waals surface area contributed by atoms with Gasteiger partial charge in [0.05, 0.1) is 23.5 Å². The largest absolute Gasteiger partial charge is 0.393 e. The van der Waals surface area contributed by atoms with Gasteiger partial charge in [-0.15, -0.1) is 0 Å². The maximum Gasteiger partial charge on any atom is 0.218 e. The summed E-state index contributed by atoms with van der Waals surface area (Å²) in [7, 11) is -3.36. The van der Waals surface area contributed by atoms with E-state index in [2.05, 4.69) is 0 Å². The molecule has 112 valence electrons. The van der Waals surface area contributed by atoms with E-state index in [4.69, 9.17) is 5.26 Å². The van der Waals surface area contributed by atoms with Crippen LogP contribution in [0.3, 0.4) is 0 Å². The van der Waals surface area contributed by atoms with Crippen molar-refractivity contribution >= 4 is 10.0 Å². The van der Waals surface area contributed by atoms with Crippen molar-refractivity contribution < 1.29 is 13.5 Å². The highest BCUT2D eigenvalue weighted by Crippen LogP contribution is 2.39. The minimum Gasteiger partial charge on any atom is -0.393 e. The molecule has 0 amide bonds. The van der Waals surface area contributed by atoms with E-state index in [1.165, 1.54) is 4.31 Å². The summed E-state index contributed by atoms with van der Waals surface area (Å²) in [6.07, 6.45) is 1.35. The maximum atomic E-state index is 12.5. The molecule has 1 aromatic rings. The molecule has 3 unspecified atom stereocenters. The van der Waals surface area contributed by atoms with E-state index < -0.39 is 10.0 Å². The summed E-state index contributed by atoms with van der Waals surface area (Å²) in [4.78, 5) is 0. The van der Waals surface area contributed by atoms with Crippen molar-refractivity contribution in [1.29, 1.82) is 5.26 Å². The second kappa shape index (κ2) is 5.41. The van der Waals surface area contributed by atoms with E-state index in [-0.39, 0.29) is 17.8 Å². The highest BCUT2D eigenvalue weighted by molar-refractivity contribution is 7.88. The van der Waals surface area contributed by atoms with E-state index in [0.29, 0.717) is 30.1 Å². The molecule has 1 N–H and O–H groups in total. The highest BCUT2D eigenvalue weighted by Gasteiger charge is 2.45. The lowest BCUT2D eigenvalue weighted by Gasteiger charge is -2.18. The number of aliphatic hydroxyl groups excluding tert-OH is 1. The first-order chi connectivity index (χ1) is 9.99. The Bertz CT molecular complexity index is 663. The van der Waals surface area contributed by atoms with Gasteiger partial charge in [0.15, 0.2) is 0 Å². The van der Waals surface area contributed by atoms with Crippen molar-refractivity contribution in [3.05, 3.63) is 35.4 Å². The first-order valence-corrected chi connectivity index (χ1v) is 8.75. The monoisotopic (exact) mass is 306 g/mol. The number of nitriles is 1. The van der Waals surface area contributed by atoms with Crippen LogP contribution in [0.1, 0.15) is 24.0 Å². The number of hydrogen-bond acceptors (Lipinski definition) is 4.